The van der Waals surface area contributed by atoms with Crippen molar-refractivity contribution < 1.29 is 13.2 Å². The van der Waals surface area contributed by atoms with Gasteiger partial charge in [0.25, 0.3) is 10.0 Å². The van der Waals surface area contributed by atoms with Crippen LogP contribution >= 0.6 is 11.3 Å². The first-order valence-corrected chi connectivity index (χ1v) is 9.51. The highest BCUT2D eigenvalue weighted by Crippen LogP contribution is 2.33. The summed E-state index contributed by atoms with van der Waals surface area (Å²) < 4.78 is 33.9. The van der Waals surface area contributed by atoms with E-state index >= 15 is 0 Å². The monoisotopic (exact) mass is 333 g/mol. The van der Waals surface area contributed by atoms with Crippen LogP contribution in [-0.2, 0) is 14.8 Å². The summed E-state index contributed by atoms with van der Waals surface area (Å²) in [4.78, 5) is 3.98. The van der Waals surface area contributed by atoms with E-state index < -0.39 is 10.0 Å². The fourth-order valence-corrected chi connectivity index (χ4v) is 5.38. The Morgan fingerprint density at radius 1 is 1.48 bits per heavy atom. The quantitative estimate of drug-likeness (QED) is 0.860. The molecule has 120 valence electrons. The zero-order chi connectivity index (χ0) is 15.7. The molecule has 0 amide bonds. The fraction of sp³-hybridized carbons (Fsp3) is 0.769. The van der Waals surface area contributed by atoms with Crippen molar-refractivity contribution in [1.29, 1.82) is 0 Å². The van der Waals surface area contributed by atoms with Crippen LogP contribution in [0, 0.1) is 6.92 Å². The molecule has 1 unspecified atom stereocenters. The smallest absolute Gasteiger partial charge is 0.252 e. The number of ether oxygens (including phenoxy) is 1. The van der Waals surface area contributed by atoms with Gasteiger partial charge in [-0.25, -0.2) is 18.1 Å². The fourth-order valence-electron chi connectivity index (χ4n) is 2.80. The van der Waals surface area contributed by atoms with Gasteiger partial charge in [-0.15, -0.1) is 0 Å². The summed E-state index contributed by atoms with van der Waals surface area (Å²) in [6.07, 6.45) is 3.16. The third kappa shape index (κ3) is 3.56. The number of thiazole rings is 1. The van der Waals surface area contributed by atoms with E-state index in [2.05, 4.69) is 23.6 Å². The number of rotatable bonds is 5. The van der Waals surface area contributed by atoms with Crippen molar-refractivity contribution in [1.82, 2.24) is 9.71 Å². The molecule has 3 N–H and O–H groups in total. The number of aryl methyl sites for hydroxylation is 1. The van der Waals surface area contributed by atoms with Gasteiger partial charge in [0.2, 0.25) is 0 Å². The van der Waals surface area contributed by atoms with Crippen LogP contribution in [0.3, 0.4) is 0 Å². The second-order valence-corrected chi connectivity index (χ2v) is 8.41. The van der Waals surface area contributed by atoms with Gasteiger partial charge in [-0.05, 0) is 32.6 Å². The molecule has 0 radical (unpaired) electrons. The normalized spacial score (nSPS) is 22.3. The van der Waals surface area contributed by atoms with Crippen LogP contribution in [-0.4, -0.2) is 31.7 Å². The zero-order valence-corrected chi connectivity index (χ0v) is 14.3. The van der Waals surface area contributed by atoms with Gasteiger partial charge in [0.1, 0.15) is 0 Å². The second-order valence-electron chi connectivity index (χ2n) is 5.47. The summed E-state index contributed by atoms with van der Waals surface area (Å²) in [5.74, 6) is 0. The minimum absolute atomic E-state index is 0.105. The number of nitrogens with one attached hydrogen (secondary N) is 1. The van der Waals surface area contributed by atoms with Crippen LogP contribution in [0.4, 0.5) is 5.13 Å². The van der Waals surface area contributed by atoms with E-state index in [0.717, 1.165) is 24.2 Å². The molecule has 1 aliphatic heterocycles. The molecule has 0 saturated carbocycles. The Hall–Kier alpha value is -0.700. The number of nitrogens with two attached hydrogens (primary N) is 1. The average Bonchev–Trinajstić information content (AvgIpc) is 2.78. The molecule has 1 fully saturated rings. The summed E-state index contributed by atoms with van der Waals surface area (Å²) in [5.41, 5.74) is 5.83. The van der Waals surface area contributed by atoms with E-state index in [9.17, 15) is 8.42 Å². The summed E-state index contributed by atoms with van der Waals surface area (Å²) >= 11 is 1.01. The van der Waals surface area contributed by atoms with Gasteiger partial charge >= 0.3 is 0 Å². The minimum Gasteiger partial charge on any atom is -0.375 e. The Morgan fingerprint density at radius 2 is 2.14 bits per heavy atom. The molecule has 8 heteroatoms. The molecule has 1 aromatic heterocycles. The topological polar surface area (TPSA) is 94.3 Å². The molecule has 21 heavy (non-hydrogen) atoms. The zero-order valence-electron chi connectivity index (χ0n) is 12.7. The maximum Gasteiger partial charge on any atom is 0.252 e. The van der Waals surface area contributed by atoms with Crippen LogP contribution in [0.5, 0.6) is 0 Å². The predicted octanol–water partition coefficient (Wildman–Crippen LogP) is 2.05. The lowest BCUT2D eigenvalue weighted by atomic mass is 9.86. The molecular weight excluding hydrogens is 310 g/mol. The first-order valence-electron chi connectivity index (χ1n) is 7.21. The number of hydrogen-bond acceptors (Lipinski definition) is 6. The lowest BCUT2D eigenvalue weighted by molar-refractivity contribution is -0.0905. The van der Waals surface area contributed by atoms with Crippen molar-refractivity contribution in [2.24, 2.45) is 0 Å². The lowest BCUT2D eigenvalue weighted by Crippen LogP contribution is -2.48. The molecule has 0 bridgehead atoms. The minimum atomic E-state index is -3.57. The summed E-state index contributed by atoms with van der Waals surface area (Å²) in [6, 6.07) is -0.105. The largest absolute Gasteiger partial charge is 0.375 e. The Morgan fingerprint density at radius 3 is 2.67 bits per heavy atom. The average molecular weight is 333 g/mol. The summed E-state index contributed by atoms with van der Waals surface area (Å²) in [5, 5.41) is 0.274. The van der Waals surface area contributed by atoms with Crippen LogP contribution < -0.4 is 10.5 Å². The number of anilines is 1. The maximum atomic E-state index is 12.5. The van der Waals surface area contributed by atoms with Crippen molar-refractivity contribution in [2.45, 2.75) is 62.3 Å². The van der Waals surface area contributed by atoms with Gasteiger partial charge in [0.15, 0.2) is 9.34 Å². The first kappa shape index (κ1) is 16.7. The molecule has 2 heterocycles. The van der Waals surface area contributed by atoms with E-state index in [1.807, 2.05) is 0 Å². The Balaban J connectivity index is 2.15. The number of sulfonamides is 1. The number of nitrogen functional groups attached to an aromatic ring is 1. The van der Waals surface area contributed by atoms with Gasteiger partial charge in [-0.1, -0.05) is 25.2 Å². The van der Waals surface area contributed by atoms with Crippen molar-refractivity contribution in [2.75, 3.05) is 12.3 Å². The van der Waals surface area contributed by atoms with Crippen LogP contribution in [0.25, 0.3) is 0 Å². The third-order valence-electron chi connectivity index (χ3n) is 4.12. The second kappa shape index (κ2) is 6.20. The molecular formula is C13H23N3O3S2. The first-order chi connectivity index (χ1) is 9.82. The van der Waals surface area contributed by atoms with Crippen LogP contribution in [0.2, 0.25) is 0 Å². The van der Waals surface area contributed by atoms with Crippen LogP contribution in [0.15, 0.2) is 4.21 Å². The van der Waals surface area contributed by atoms with E-state index in [1.54, 1.807) is 6.92 Å². The lowest BCUT2D eigenvalue weighted by Gasteiger charge is -2.40. The number of aromatic nitrogens is 1. The Kier molecular flexibility index (Phi) is 4.92. The van der Waals surface area contributed by atoms with E-state index in [4.69, 9.17) is 10.5 Å². The van der Waals surface area contributed by atoms with E-state index in [0.29, 0.717) is 25.1 Å². The summed E-state index contributed by atoms with van der Waals surface area (Å²) in [7, 11) is -3.57. The molecule has 1 aromatic rings. The van der Waals surface area contributed by atoms with Gasteiger partial charge in [0, 0.05) is 12.6 Å². The van der Waals surface area contributed by atoms with Crippen molar-refractivity contribution >= 4 is 26.5 Å². The standard InChI is InChI=1S/C13H23N3O3S2/c1-4-13(5-2)8-10(6-7-19-13)16-21(17,18)11-9(3)15-12(14)20-11/h10,16H,4-8H2,1-3H3,(H2,14,15). The highest BCUT2D eigenvalue weighted by atomic mass is 32.2. The Labute approximate surface area is 130 Å². The van der Waals surface area contributed by atoms with Crippen molar-refractivity contribution in [3.63, 3.8) is 0 Å². The van der Waals surface area contributed by atoms with Crippen LogP contribution in [0.1, 0.15) is 45.2 Å². The summed E-state index contributed by atoms with van der Waals surface area (Å²) in [6.45, 7) is 6.40. The molecule has 2 rings (SSSR count). The third-order valence-corrected chi connectivity index (χ3v) is 7.23. The van der Waals surface area contributed by atoms with Gasteiger partial charge in [0.05, 0.1) is 11.3 Å². The number of nitrogens with zero attached hydrogens (tertiary/aromatic N) is 1. The maximum absolute atomic E-state index is 12.5. The molecule has 0 aromatic carbocycles. The predicted molar refractivity (Wildman–Crippen MR) is 83.9 cm³/mol. The molecule has 0 aliphatic carbocycles. The molecule has 1 atom stereocenters. The van der Waals surface area contributed by atoms with Crippen molar-refractivity contribution in [3.05, 3.63) is 5.69 Å². The molecule has 1 aliphatic rings. The highest BCUT2D eigenvalue weighted by Gasteiger charge is 2.36. The SMILES string of the molecule is CCC1(CC)CC(NS(=O)(=O)c2sc(N)nc2C)CCO1. The van der Waals surface area contributed by atoms with Gasteiger partial charge in [-0.2, -0.15) is 0 Å². The molecule has 0 spiro atoms. The Bertz CT molecular complexity index is 594. The molecule has 6 nitrogen and oxygen atoms in total. The van der Waals surface area contributed by atoms with E-state index in [1.165, 1.54) is 0 Å². The van der Waals surface area contributed by atoms with Gasteiger partial charge in [-0.3, -0.25) is 0 Å². The van der Waals surface area contributed by atoms with E-state index in [-0.39, 0.29) is 21.0 Å². The number of hydrogen-bond donors (Lipinski definition) is 2. The van der Waals surface area contributed by atoms with Gasteiger partial charge < -0.3 is 10.5 Å². The highest BCUT2D eigenvalue weighted by molar-refractivity contribution is 7.91. The molecule has 1 saturated heterocycles. The van der Waals surface area contributed by atoms with Crippen molar-refractivity contribution in [3.8, 4) is 0 Å².